The van der Waals surface area contributed by atoms with E-state index in [9.17, 15) is 4.79 Å². The van der Waals surface area contributed by atoms with Crippen molar-refractivity contribution in [3.63, 3.8) is 0 Å². The van der Waals surface area contributed by atoms with E-state index >= 15 is 0 Å². The fraction of sp³-hybridized carbons (Fsp3) is 0.471. The first-order valence-corrected chi connectivity index (χ1v) is 9.58. The number of hydrogen-bond acceptors (Lipinski definition) is 5. The van der Waals surface area contributed by atoms with Crippen LogP contribution in [0.1, 0.15) is 50.1 Å². The molecule has 1 N–H and O–H groups in total. The van der Waals surface area contributed by atoms with E-state index in [4.69, 9.17) is 0 Å². The van der Waals surface area contributed by atoms with Crippen LogP contribution in [0, 0.1) is 0 Å². The van der Waals surface area contributed by atoms with E-state index < -0.39 is 0 Å². The zero-order valence-electron chi connectivity index (χ0n) is 13.6. The van der Waals surface area contributed by atoms with Crippen LogP contribution in [0.15, 0.2) is 29.2 Å². The zero-order valence-corrected chi connectivity index (χ0v) is 15.3. The van der Waals surface area contributed by atoms with Crippen molar-refractivity contribution in [2.45, 2.75) is 49.8 Å². The highest BCUT2D eigenvalue weighted by Crippen LogP contribution is 2.42. The van der Waals surface area contributed by atoms with Crippen LogP contribution in [0.25, 0.3) is 0 Å². The van der Waals surface area contributed by atoms with Crippen molar-refractivity contribution in [3.8, 4) is 0 Å². The SMILES string of the molecule is CC(C)(C)c1ccc(SCC(=O)Nc2nnc(C3CC3)s2)cc1. The summed E-state index contributed by atoms with van der Waals surface area (Å²) in [5.41, 5.74) is 1.45. The fourth-order valence-electron chi connectivity index (χ4n) is 2.14. The molecule has 0 radical (unpaired) electrons. The van der Waals surface area contributed by atoms with Crippen LogP contribution >= 0.6 is 23.1 Å². The van der Waals surface area contributed by atoms with Crippen molar-refractivity contribution in [2.24, 2.45) is 0 Å². The molecule has 0 unspecified atom stereocenters. The van der Waals surface area contributed by atoms with Gasteiger partial charge in [-0.15, -0.1) is 22.0 Å². The van der Waals surface area contributed by atoms with Crippen molar-refractivity contribution < 1.29 is 4.79 Å². The van der Waals surface area contributed by atoms with Crippen LogP contribution in [0.4, 0.5) is 5.13 Å². The third kappa shape index (κ3) is 4.54. The normalized spacial score (nSPS) is 14.7. The Bertz CT molecular complexity index is 685. The molecule has 1 heterocycles. The molecular formula is C17H21N3OS2. The Morgan fingerprint density at radius 3 is 2.57 bits per heavy atom. The minimum atomic E-state index is -0.0339. The van der Waals surface area contributed by atoms with Gasteiger partial charge in [0.2, 0.25) is 11.0 Å². The molecule has 6 heteroatoms. The lowest BCUT2D eigenvalue weighted by atomic mass is 9.87. The molecule has 0 atom stereocenters. The Hall–Kier alpha value is -1.40. The molecule has 1 aromatic carbocycles. The molecule has 1 aliphatic rings. The third-order valence-electron chi connectivity index (χ3n) is 3.70. The predicted octanol–water partition coefficient (Wildman–Crippen LogP) is 4.44. The lowest BCUT2D eigenvalue weighted by Gasteiger charge is -2.19. The number of nitrogens with one attached hydrogen (secondary N) is 1. The molecule has 1 aromatic heterocycles. The van der Waals surface area contributed by atoms with Crippen molar-refractivity contribution in [3.05, 3.63) is 34.8 Å². The van der Waals surface area contributed by atoms with Gasteiger partial charge < -0.3 is 0 Å². The summed E-state index contributed by atoms with van der Waals surface area (Å²) in [4.78, 5) is 13.1. The highest BCUT2D eigenvalue weighted by atomic mass is 32.2. The molecule has 0 bridgehead atoms. The number of nitrogens with zero attached hydrogens (tertiary/aromatic N) is 2. The van der Waals surface area contributed by atoms with Crippen molar-refractivity contribution in [2.75, 3.05) is 11.1 Å². The van der Waals surface area contributed by atoms with Gasteiger partial charge in [0, 0.05) is 10.8 Å². The second kappa shape index (κ2) is 6.61. The Kier molecular flexibility index (Phi) is 4.73. The lowest BCUT2D eigenvalue weighted by Crippen LogP contribution is -2.14. The summed E-state index contributed by atoms with van der Waals surface area (Å²) in [7, 11) is 0. The predicted molar refractivity (Wildman–Crippen MR) is 96.4 cm³/mol. The van der Waals surface area contributed by atoms with E-state index in [1.807, 2.05) is 0 Å². The standard InChI is InChI=1S/C17H21N3OS2/c1-17(2,3)12-6-8-13(9-7-12)22-10-14(21)18-16-20-19-15(23-16)11-4-5-11/h6-9,11H,4-5,10H2,1-3H3,(H,18,20,21). The first-order valence-electron chi connectivity index (χ1n) is 7.78. The summed E-state index contributed by atoms with van der Waals surface area (Å²) >= 11 is 3.03. The smallest absolute Gasteiger partial charge is 0.236 e. The topological polar surface area (TPSA) is 54.9 Å². The average molecular weight is 348 g/mol. The minimum absolute atomic E-state index is 0.0339. The molecule has 3 rings (SSSR count). The van der Waals surface area contributed by atoms with E-state index in [2.05, 4.69) is 60.6 Å². The first-order chi connectivity index (χ1) is 10.9. The number of hydrogen-bond donors (Lipinski definition) is 1. The maximum Gasteiger partial charge on any atom is 0.236 e. The van der Waals surface area contributed by atoms with Crippen LogP contribution in [-0.2, 0) is 10.2 Å². The molecular weight excluding hydrogens is 326 g/mol. The molecule has 2 aromatic rings. The van der Waals surface area contributed by atoms with Gasteiger partial charge >= 0.3 is 0 Å². The number of thioether (sulfide) groups is 1. The molecule has 1 saturated carbocycles. The van der Waals surface area contributed by atoms with Gasteiger partial charge in [-0.05, 0) is 36.0 Å². The highest BCUT2D eigenvalue weighted by molar-refractivity contribution is 8.00. The van der Waals surface area contributed by atoms with Gasteiger partial charge in [-0.25, -0.2) is 0 Å². The average Bonchev–Trinajstić information content (AvgIpc) is 3.25. The fourth-order valence-corrected chi connectivity index (χ4v) is 3.76. The minimum Gasteiger partial charge on any atom is -0.300 e. The third-order valence-corrected chi connectivity index (χ3v) is 5.72. The number of amides is 1. The molecule has 122 valence electrons. The summed E-state index contributed by atoms with van der Waals surface area (Å²) < 4.78 is 0. The summed E-state index contributed by atoms with van der Waals surface area (Å²) in [5, 5.41) is 12.7. The second-order valence-corrected chi connectivity index (χ2v) is 8.89. The second-order valence-electron chi connectivity index (χ2n) is 6.83. The van der Waals surface area contributed by atoms with Gasteiger partial charge in [0.05, 0.1) is 5.75 Å². The molecule has 4 nitrogen and oxygen atoms in total. The largest absolute Gasteiger partial charge is 0.300 e. The maximum atomic E-state index is 12.0. The van der Waals surface area contributed by atoms with Crippen LogP contribution in [0.2, 0.25) is 0 Å². The number of anilines is 1. The van der Waals surface area contributed by atoms with Gasteiger partial charge in [-0.2, -0.15) is 0 Å². The summed E-state index contributed by atoms with van der Waals surface area (Å²) in [6, 6.07) is 8.42. The van der Waals surface area contributed by atoms with Crippen LogP contribution in [-0.4, -0.2) is 21.9 Å². The van der Waals surface area contributed by atoms with Gasteiger partial charge in [-0.3, -0.25) is 10.1 Å². The highest BCUT2D eigenvalue weighted by Gasteiger charge is 2.27. The number of benzene rings is 1. The molecule has 23 heavy (non-hydrogen) atoms. The van der Waals surface area contributed by atoms with E-state index in [0.717, 1.165) is 9.90 Å². The number of rotatable bonds is 5. The maximum absolute atomic E-state index is 12.0. The Morgan fingerprint density at radius 2 is 1.96 bits per heavy atom. The molecule has 1 aliphatic carbocycles. The Balaban J connectivity index is 1.50. The van der Waals surface area contributed by atoms with Gasteiger partial charge in [0.1, 0.15) is 5.01 Å². The van der Waals surface area contributed by atoms with E-state index in [0.29, 0.717) is 16.8 Å². The molecule has 0 spiro atoms. The summed E-state index contributed by atoms with van der Waals surface area (Å²) in [5.74, 6) is 0.926. The van der Waals surface area contributed by atoms with Gasteiger partial charge in [0.25, 0.3) is 0 Å². The summed E-state index contributed by atoms with van der Waals surface area (Å²) in [6.07, 6.45) is 2.39. The number of aromatic nitrogens is 2. The van der Waals surface area contributed by atoms with E-state index in [-0.39, 0.29) is 11.3 Å². The quantitative estimate of drug-likeness (QED) is 0.812. The first kappa shape index (κ1) is 16.5. The monoisotopic (exact) mass is 347 g/mol. The molecule has 0 saturated heterocycles. The van der Waals surface area contributed by atoms with Crippen LogP contribution in [0.3, 0.4) is 0 Å². The molecule has 1 fully saturated rings. The van der Waals surface area contributed by atoms with Crippen molar-refractivity contribution in [1.29, 1.82) is 0 Å². The Labute approximate surface area is 145 Å². The molecule has 0 aliphatic heterocycles. The number of carbonyl (C=O) groups is 1. The number of carbonyl (C=O) groups excluding carboxylic acids is 1. The van der Waals surface area contributed by atoms with Crippen LogP contribution in [0.5, 0.6) is 0 Å². The van der Waals surface area contributed by atoms with Gasteiger partial charge in [-0.1, -0.05) is 44.2 Å². The lowest BCUT2D eigenvalue weighted by molar-refractivity contribution is -0.113. The van der Waals surface area contributed by atoms with Crippen molar-refractivity contribution >= 4 is 34.1 Å². The van der Waals surface area contributed by atoms with E-state index in [1.54, 1.807) is 0 Å². The Morgan fingerprint density at radius 1 is 1.26 bits per heavy atom. The molecule has 1 amide bonds. The summed E-state index contributed by atoms with van der Waals surface area (Å²) in [6.45, 7) is 6.58. The van der Waals surface area contributed by atoms with Crippen LogP contribution < -0.4 is 5.32 Å². The van der Waals surface area contributed by atoms with E-state index in [1.165, 1.54) is 41.5 Å². The zero-order chi connectivity index (χ0) is 16.4. The van der Waals surface area contributed by atoms with Gasteiger partial charge in [0.15, 0.2) is 0 Å². The van der Waals surface area contributed by atoms with Crippen molar-refractivity contribution in [1.82, 2.24) is 10.2 Å².